The van der Waals surface area contributed by atoms with Gasteiger partial charge in [-0.15, -0.1) is 10.2 Å². The monoisotopic (exact) mass is 344 g/mol. The maximum atomic E-state index is 12.0. The number of amides is 1. The van der Waals surface area contributed by atoms with Crippen molar-refractivity contribution in [1.82, 2.24) is 30.1 Å². The van der Waals surface area contributed by atoms with Crippen LogP contribution in [0.5, 0.6) is 0 Å². The maximum absolute atomic E-state index is 12.0. The molecule has 10 heteroatoms. The van der Waals surface area contributed by atoms with Crippen molar-refractivity contribution in [2.75, 3.05) is 16.9 Å². The molecule has 0 aliphatic heterocycles. The highest BCUT2D eigenvalue weighted by molar-refractivity contribution is 7.99. The summed E-state index contributed by atoms with van der Waals surface area (Å²) in [6, 6.07) is 7.25. The Hall–Kier alpha value is -2.88. The van der Waals surface area contributed by atoms with Crippen LogP contribution in [0.2, 0.25) is 0 Å². The highest BCUT2D eigenvalue weighted by Gasteiger charge is 2.15. The zero-order valence-electron chi connectivity index (χ0n) is 13.1. The molecule has 0 aliphatic carbocycles. The van der Waals surface area contributed by atoms with Crippen molar-refractivity contribution in [3.63, 3.8) is 0 Å². The number of nitrogen functional groups attached to an aromatic ring is 1. The summed E-state index contributed by atoms with van der Waals surface area (Å²) < 4.78 is 1.32. The van der Waals surface area contributed by atoms with Crippen molar-refractivity contribution in [3.05, 3.63) is 35.7 Å². The van der Waals surface area contributed by atoms with Gasteiger partial charge < -0.3 is 11.2 Å². The van der Waals surface area contributed by atoms with Crippen LogP contribution < -0.4 is 11.2 Å². The predicted octanol–water partition coefficient (Wildman–Crippen LogP) is 1.12. The molecule has 0 bridgehead atoms. The molecule has 0 aliphatic rings. The molecule has 0 saturated carbocycles. The number of aromatic amines is 1. The molecule has 3 rings (SSSR count). The van der Waals surface area contributed by atoms with Crippen molar-refractivity contribution in [1.29, 1.82) is 0 Å². The fourth-order valence-electron chi connectivity index (χ4n) is 2.00. The molecule has 124 valence electrons. The molecule has 0 fully saturated rings. The first-order valence-corrected chi connectivity index (χ1v) is 8.10. The molecular weight excluding hydrogens is 328 g/mol. The molecular formula is C14H16N8OS. The number of pyridine rings is 1. The normalized spacial score (nSPS) is 10.8. The second-order valence-corrected chi connectivity index (χ2v) is 6.06. The Balaban J connectivity index is 1.63. The largest absolute Gasteiger partial charge is 0.335 e. The highest BCUT2D eigenvalue weighted by atomic mass is 32.2. The van der Waals surface area contributed by atoms with E-state index < -0.39 is 0 Å². The lowest BCUT2D eigenvalue weighted by molar-refractivity contribution is -0.113. The van der Waals surface area contributed by atoms with Crippen LogP contribution in [-0.2, 0) is 4.79 Å². The summed E-state index contributed by atoms with van der Waals surface area (Å²) in [5, 5.41) is 18.1. The average molecular weight is 344 g/mol. The van der Waals surface area contributed by atoms with E-state index in [0.717, 1.165) is 11.4 Å². The zero-order chi connectivity index (χ0) is 17.1. The van der Waals surface area contributed by atoms with Gasteiger partial charge in [-0.3, -0.25) is 9.89 Å². The van der Waals surface area contributed by atoms with Gasteiger partial charge in [0, 0.05) is 11.4 Å². The molecule has 3 aromatic rings. The summed E-state index contributed by atoms with van der Waals surface area (Å²) in [5.74, 6) is 6.87. The van der Waals surface area contributed by atoms with Gasteiger partial charge in [0.25, 0.3) is 0 Å². The van der Waals surface area contributed by atoms with Gasteiger partial charge in [-0.2, -0.15) is 5.10 Å². The van der Waals surface area contributed by atoms with Gasteiger partial charge in [-0.1, -0.05) is 17.8 Å². The van der Waals surface area contributed by atoms with E-state index in [4.69, 9.17) is 5.84 Å². The standard InChI is InChI=1S/C14H16N8OS/c1-8-4-3-5-11(16-8)17-12(23)7-24-14-21-20-13(22(14)15)10-6-9(2)18-19-10/h3-6H,7,15H2,1-2H3,(H,18,19)(H,16,17,23). The van der Waals surface area contributed by atoms with E-state index in [-0.39, 0.29) is 11.7 Å². The van der Waals surface area contributed by atoms with E-state index in [9.17, 15) is 4.79 Å². The SMILES string of the molecule is Cc1cccc(NC(=O)CSc2nnc(-c3cc(C)[nH]n3)n2N)n1. The first-order valence-electron chi connectivity index (χ1n) is 7.12. The number of H-pyrrole nitrogens is 1. The topological polar surface area (TPSA) is 127 Å². The van der Waals surface area contributed by atoms with Crippen molar-refractivity contribution in [2.24, 2.45) is 0 Å². The summed E-state index contributed by atoms with van der Waals surface area (Å²) in [6.45, 7) is 3.74. The lowest BCUT2D eigenvalue weighted by Crippen LogP contribution is -2.17. The molecule has 0 spiro atoms. The first kappa shape index (κ1) is 16.0. The summed E-state index contributed by atoms with van der Waals surface area (Å²) in [4.78, 5) is 16.2. The van der Waals surface area contributed by atoms with Gasteiger partial charge in [0.15, 0.2) is 0 Å². The molecule has 0 saturated heterocycles. The van der Waals surface area contributed by atoms with Gasteiger partial charge in [-0.05, 0) is 32.0 Å². The number of hydrogen-bond acceptors (Lipinski definition) is 7. The Labute approximate surface area is 142 Å². The minimum Gasteiger partial charge on any atom is -0.335 e. The quantitative estimate of drug-likeness (QED) is 0.467. The van der Waals surface area contributed by atoms with Crippen LogP contribution in [0.4, 0.5) is 5.82 Å². The summed E-state index contributed by atoms with van der Waals surface area (Å²) in [7, 11) is 0. The number of rotatable bonds is 5. The second-order valence-electron chi connectivity index (χ2n) is 5.11. The molecule has 0 aromatic carbocycles. The number of nitrogens with zero attached hydrogens (tertiary/aromatic N) is 5. The van der Waals surface area contributed by atoms with Crippen LogP contribution in [0.15, 0.2) is 29.4 Å². The number of nitrogens with one attached hydrogen (secondary N) is 2. The van der Waals surface area contributed by atoms with Crippen LogP contribution in [0.3, 0.4) is 0 Å². The highest BCUT2D eigenvalue weighted by Crippen LogP contribution is 2.20. The molecule has 0 atom stereocenters. The zero-order valence-corrected chi connectivity index (χ0v) is 14.0. The Morgan fingerprint density at radius 3 is 2.92 bits per heavy atom. The van der Waals surface area contributed by atoms with E-state index in [2.05, 4.69) is 30.7 Å². The number of aromatic nitrogens is 6. The van der Waals surface area contributed by atoms with Crippen LogP contribution in [0.1, 0.15) is 11.4 Å². The van der Waals surface area contributed by atoms with E-state index in [1.807, 2.05) is 32.0 Å². The number of nitrogens with two attached hydrogens (primary N) is 1. The lowest BCUT2D eigenvalue weighted by Gasteiger charge is -2.05. The number of carbonyl (C=O) groups excluding carboxylic acids is 1. The Kier molecular flexibility index (Phi) is 4.47. The van der Waals surface area contributed by atoms with Gasteiger partial charge in [0.2, 0.25) is 16.9 Å². The third-order valence-electron chi connectivity index (χ3n) is 3.09. The van der Waals surface area contributed by atoms with Crippen LogP contribution in [-0.4, -0.2) is 41.7 Å². The van der Waals surface area contributed by atoms with E-state index in [1.165, 1.54) is 16.4 Å². The number of anilines is 1. The lowest BCUT2D eigenvalue weighted by atomic mass is 10.3. The van der Waals surface area contributed by atoms with Gasteiger partial charge in [-0.25, -0.2) is 9.66 Å². The third-order valence-corrected chi connectivity index (χ3v) is 4.03. The van der Waals surface area contributed by atoms with Crippen LogP contribution in [0.25, 0.3) is 11.5 Å². The molecule has 9 nitrogen and oxygen atoms in total. The molecule has 0 unspecified atom stereocenters. The number of aryl methyl sites for hydroxylation is 2. The molecule has 1 amide bonds. The summed E-state index contributed by atoms with van der Waals surface area (Å²) in [6.07, 6.45) is 0. The van der Waals surface area contributed by atoms with Crippen molar-refractivity contribution in [3.8, 4) is 11.5 Å². The minimum absolute atomic E-state index is 0.143. The van der Waals surface area contributed by atoms with Crippen molar-refractivity contribution in [2.45, 2.75) is 19.0 Å². The molecule has 3 aromatic heterocycles. The predicted molar refractivity (Wildman–Crippen MR) is 90.8 cm³/mol. The van der Waals surface area contributed by atoms with Crippen molar-refractivity contribution >= 4 is 23.5 Å². The number of thioether (sulfide) groups is 1. The average Bonchev–Trinajstić information content (AvgIpc) is 3.11. The van der Waals surface area contributed by atoms with Crippen LogP contribution in [0, 0.1) is 13.8 Å². The first-order chi connectivity index (χ1) is 11.5. The van der Waals surface area contributed by atoms with E-state index in [1.54, 1.807) is 6.07 Å². The second kappa shape index (κ2) is 6.71. The van der Waals surface area contributed by atoms with E-state index >= 15 is 0 Å². The fraction of sp³-hybridized carbons (Fsp3) is 0.214. The summed E-state index contributed by atoms with van der Waals surface area (Å²) >= 11 is 1.19. The minimum atomic E-state index is -0.196. The third kappa shape index (κ3) is 3.54. The fourth-order valence-corrected chi connectivity index (χ4v) is 2.66. The molecule has 24 heavy (non-hydrogen) atoms. The van der Waals surface area contributed by atoms with Gasteiger partial charge >= 0.3 is 0 Å². The van der Waals surface area contributed by atoms with Crippen molar-refractivity contribution < 1.29 is 4.79 Å². The number of carbonyl (C=O) groups is 1. The molecule has 0 radical (unpaired) electrons. The van der Waals surface area contributed by atoms with E-state index in [0.29, 0.717) is 22.5 Å². The van der Waals surface area contributed by atoms with Gasteiger partial charge in [0.1, 0.15) is 11.5 Å². The Morgan fingerprint density at radius 1 is 1.38 bits per heavy atom. The molecule has 4 N–H and O–H groups in total. The summed E-state index contributed by atoms with van der Waals surface area (Å²) in [5.41, 5.74) is 2.33. The Morgan fingerprint density at radius 2 is 2.21 bits per heavy atom. The maximum Gasteiger partial charge on any atom is 0.236 e. The molecule has 3 heterocycles. The smallest absolute Gasteiger partial charge is 0.236 e. The van der Waals surface area contributed by atoms with Gasteiger partial charge in [0.05, 0.1) is 5.75 Å². The Bertz CT molecular complexity index is 871. The number of hydrogen-bond donors (Lipinski definition) is 3. The van der Waals surface area contributed by atoms with Crippen LogP contribution >= 0.6 is 11.8 Å².